The molecule has 1 saturated carbocycles. The smallest absolute Gasteiger partial charge is 0.748 e. The van der Waals surface area contributed by atoms with Crippen LogP contribution in [0.1, 0.15) is 32.1 Å². The third-order valence-corrected chi connectivity index (χ3v) is 3.44. The van der Waals surface area contributed by atoms with Crippen LogP contribution in [-0.2, 0) is 10.1 Å². The van der Waals surface area contributed by atoms with Crippen LogP contribution >= 0.6 is 0 Å². The molecule has 90 valence electrons. The molecule has 0 amide bonds. The van der Waals surface area contributed by atoms with Crippen molar-refractivity contribution in [3.05, 3.63) is 0 Å². The standard InChI is InChI=1S/C9H19NO4S.Na/c11-9(7-15(12,13)14)6-10-8-4-2-1-3-5-8;/h8-11H,1-7H2,(H,12,13,14);/q;+1/p-1. The van der Waals surface area contributed by atoms with Crippen molar-refractivity contribution in [1.29, 1.82) is 0 Å². The summed E-state index contributed by atoms with van der Waals surface area (Å²) in [4.78, 5) is 0. The molecule has 0 aliphatic heterocycles. The molecule has 1 rings (SSSR count). The van der Waals surface area contributed by atoms with E-state index in [9.17, 15) is 18.1 Å². The largest absolute Gasteiger partial charge is 1.00 e. The summed E-state index contributed by atoms with van der Waals surface area (Å²) in [7, 11) is -4.32. The van der Waals surface area contributed by atoms with Crippen molar-refractivity contribution in [2.75, 3.05) is 12.3 Å². The summed E-state index contributed by atoms with van der Waals surface area (Å²) in [6, 6.07) is 0.364. The second-order valence-corrected chi connectivity index (χ2v) is 5.57. The van der Waals surface area contributed by atoms with Crippen molar-refractivity contribution in [2.45, 2.75) is 44.2 Å². The molecule has 0 saturated heterocycles. The van der Waals surface area contributed by atoms with Crippen molar-refractivity contribution in [2.24, 2.45) is 0 Å². The zero-order chi connectivity index (χ0) is 11.3. The van der Waals surface area contributed by atoms with Gasteiger partial charge in [0.25, 0.3) is 0 Å². The molecule has 1 fully saturated rings. The molecule has 0 aromatic carbocycles. The number of aliphatic hydroxyl groups excluding tert-OH is 1. The number of aliphatic hydroxyl groups is 1. The summed E-state index contributed by atoms with van der Waals surface area (Å²) < 4.78 is 31.0. The molecule has 0 aromatic rings. The fraction of sp³-hybridized carbons (Fsp3) is 1.00. The average Bonchev–Trinajstić information content (AvgIpc) is 2.14. The van der Waals surface area contributed by atoms with Gasteiger partial charge in [0.05, 0.1) is 22.0 Å². The molecule has 1 aliphatic rings. The first-order chi connectivity index (χ1) is 6.97. The van der Waals surface area contributed by atoms with E-state index in [-0.39, 0.29) is 36.1 Å². The van der Waals surface area contributed by atoms with E-state index in [1.54, 1.807) is 0 Å². The minimum absolute atomic E-state index is 0. The van der Waals surface area contributed by atoms with Crippen LogP contribution in [-0.4, -0.2) is 42.5 Å². The van der Waals surface area contributed by atoms with E-state index in [0.29, 0.717) is 6.04 Å². The maximum absolute atomic E-state index is 10.3. The van der Waals surface area contributed by atoms with E-state index in [0.717, 1.165) is 12.8 Å². The Kier molecular flexibility index (Phi) is 8.44. The fourth-order valence-corrected chi connectivity index (χ4v) is 2.49. The second kappa shape index (κ2) is 8.02. The summed E-state index contributed by atoms with van der Waals surface area (Å²) in [6.07, 6.45) is 4.64. The molecule has 0 aromatic heterocycles. The van der Waals surface area contributed by atoms with Crippen LogP contribution in [0.2, 0.25) is 0 Å². The van der Waals surface area contributed by atoms with Crippen molar-refractivity contribution >= 4 is 10.1 Å². The van der Waals surface area contributed by atoms with E-state index >= 15 is 0 Å². The van der Waals surface area contributed by atoms with Crippen molar-refractivity contribution in [1.82, 2.24) is 5.32 Å². The Morgan fingerprint density at radius 1 is 1.31 bits per heavy atom. The van der Waals surface area contributed by atoms with E-state index in [1.807, 2.05) is 0 Å². The maximum Gasteiger partial charge on any atom is 1.00 e. The third kappa shape index (κ3) is 8.00. The van der Waals surface area contributed by atoms with E-state index in [1.165, 1.54) is 19.3 Å². The summed E-state index contributed by atoms with van der Waals surface area (Å²) in [6.45, 7) is 0.187. The third-order valence-electron chi connectivity index (χ3n) is 2.64. The minimum Gasteiger partial charge on any atom is -0.748 e. The molecule has 7 heteroatoms. The van der Waals surface area contributed by atoms with Crippen LogP contribution in [0.3, 0.4) is 0 Å². The Morgan fingerprint density at radius 3 is 2.38 bits per heavy atom. The van der Waals surface area contributed by atoms with E-state index < -0.39 is 22.0 Å². The predicted molar refractivity (Wildman–Crippen MR) is 55.4 cm³/mol. The first-order valence-electron chi connectivity index (χ1n) is 5.32. The van der Waals surface area contributed by atoms with E-state index in [2.05, 4.69) is 5.32 Å². The van der Waals surface area contributed by atoms with Crippen molar-refractivity contribution in [3.63, 3.8) is 0 Å². The number of hydrogen-bond acceptors (Lipinski definition) is 5. The van der Waals surface area contributed by atoms with Crippen LogP contribution in [0.5, 0.6) is 0 Å². The summed E-state index contributed by atoms with van der Waals surface area (Å²) in [5, 5.41) is 12.4. The Labute approximate surface area is 119 Å². The zero-order valence-electron chi connectivity index (χ0n) is 9.68. The molecular formula is C9H18NNaO4S. The van der Waals surface area contributed by atoms with Gasteiger partial charge >= 0.3 is 29.6 Å². The van der Waals surface area contributed by atoms with Crippen LogP contribution in [0, 0.1) is 0 Å². The van der Waals surface area contributed by atoms with Gasteiger partial charge in [-0.1, -0.05) is 19.3 Å². The van der Waals surface area contributed by atoms with Crippen LogP contribution in [0.25, 0.3) is 0 Å². The summed E-state index contributed by atoms with van der Waals surface area (Å²) in [5.41, 5.74) is 0. The Morgan fingerprint density at radius 2 is 1.88 bits per heavy atom. The fourth-order valence-electron chi connectivity index (χ4n) is 1.90. The van der Waals surface area contributed by atoms with E-state index in [4.69, 9.17) is 0 Å². The van der Waals surface area contributed by atoms with Gasteiger partial charge in [0.2, 0.25) is 0 Å². The first kappa shape index (κ1) is 16.8. The molecule has 16 heavy (non-hydrogen) atoms. The van der Waals surface area contributed by atoms with Gasteiger partial charge in [-0.25, -0.2) is 8.42 Å². The average molecular weight is 259 g/mol. The molecule has 0 heterocycles. The zero-order valence-corrected chi connectivity index (χ0v) is 12.5. The van der Waals surface area contributed by atoms with Gasteiger partial charge in [-0.15, -0.1) is 0 Å². The molecular weight excluding hydrogens is 241 g/mol. The van der Waals surface area contributed by atoms with Gasteiger partial charge in [-0.05, 0) is 12.8 Å². The Balaban J connectivity index is 0.00000225. The van der Waals surface area contributed by atoms with Crippen LogP contribution < -0.4 is 34.9 Å². The SMILES string of the molecule is O=S(=O)([O-])CC(O)CNC1CCCCC1.[Na+]. The summed E-state index contributed by atoms with van der Waals surface area (Å²) in [5.74, 6) is -0.702. The normalized spacial score (nSPS) is 20.1. The number of nitrogens with one attached hydrogen (secondary N) is 1. The molecule has 2 N–H and O–H groups in total. The van der Waals surface area contributed by atoms with Gasteiger partial charge < -0.3 is 15.0 Å². The quantitative estimate of drug-likeness (QED) is 0.401. The number of hydrogen-bond donors (Lipinski definition) is 2. The van der Waals surface area contributed by atoms with Gasteiger partial charge in [-0.3, -0.25) is 0 Å². The second-order valence-electron chi connectivity index (χ2n) is 4.12. The first-order valence-corrected chi connectivity index (χ1v) is 6.90. The molecule has 1 atom stereocenters. The Hall–Kier alpha value is 0.830. The summed E-state index contributed by atoms with van der Waals surface area (Å²) >= 11 is 0. The number of rotatable bonds is 5. The van der Waals surface area contributed by atoms with Gasteiger partial charge in [0.15, 0.2) is 0 Å². The van der Waals surface area contributed by atoms with Gasteiger partial charge in [0.1, 0.15) is 0 Å². The van der Waals surface area contributed by atoms with Crippen molar-refractivity contribution in [3.8, 4) is 0 Å². The van der Waals surface area contributed by atoms with Crippen LogP contribution in [0.15, 0.2) is 0 Å². The minimum atomic E-state index is -4.32. The molecule has 1 aliphatic carbocycles. The molecule has 0 bridgehead atoms. The molecule has 0 spiro atoms. The van der Waals surface area contributed by atoms with Gasteiger partial charge in [0, 0.05) is 12.6 Å². The van der Waals surface area contributed by atoms with Crippen molar-refractivity contribution < 1.29 is 47.6 Å². The monoisotopic (exact) mass is 259 g/mol. The topological polar surface area (TPSA) is 89.5 Å². The maximum atomic E-state index is 10.3. The molecule has 0 radical (unpaired) electrons. The van der Waals surface area contributed by atoms with Gasteiger partial charge in [-0.2, -0.15) is 0 Å². The Bertz CT molecular complexity index is 277. The molecule has 1 unspecified atom stereocenters. The predicted octanol–water partition coefficient (Wildman–Crippen LogP) is -3.18. The molecule has 5 nitrogen and oxygen atoms in total. The van der Waals surface area contributed by atoms with Crippen LogP contribution in [0.4, 0.5) is 0 Å².